The van der Waals surface area contributed by atoms with Gasteiger partial charge in [0.05, 0.1) is 24.5 Å². The van der Waals surface area contributed by atoms with Crippen molar-refractivity contribution in [1.29, 1.82) is 0 Å². The summed E-state index contributed by atoms with van der Waals surface area (Å²) in [5, 5.41) is 34.5. The summed E-state index contributed by atoms with van der Waals surface area (Å²) in [5.74, 6) is -1.46. The third kappa shape index (κ3) is 3.05. The molecule has 2 saturated carbocycles. The number of Topliss-reactive ketones (excluding diaryl/α,β-unsaturated/α-hetero) is 1. The summed E-state index contributed by atoms with van der Waals surface area (Å²) in [6.07, 6.45) is 4.08. The van der Waals surface area contributed by atoms with Gasteiger partial charge in [-0.25, -0.2) is 9.78 Å². The molecule has 2 bridgehead atoms. The molecule has 0 saturated heterocycles. The van der Waals surface area contributed by atoms with Crippen LogP contribution in [0.1, 0.15) is 44.6 Å². The first-order chi connectivity index (χ1) is 18.0. The van der Waals surface area contributed by atoms with Gasteiger partial charge in [0.15, 0.2) is 23.2 Å². The maximum atomic E-state index is 14.4. The Kier molecular flexibility index (Phi) is 5.45. The van der Waals surface area contributed by atoms with Crippen LogP contribution >= 0.6 is 0 Å². The van der Waals surface area contributed by atoms with Crippen LogP contribution in [-0.2, 0) is 9.53 Å². The number of aliphatic hydroxyl groups excluding tert-OH is 2. The van der Waals surface area contributed by atoms with Crippen molar-refractivity contribution in [3.05, 3.63) is 71.8 Å². The smallest absolute Gasteiger partial charge is 0.357 e. The van der Waals surface area contributed by atoms with Crippen molar-refractivity contribution in [2.75, 3.05) is 6.61 Å². The molecule has 1 aromatic carbocycles. The summed E-state index contributed by atoms with van der Waals surface area (Å²) in [5.41, 5.74) is -2.16. The van der Waals surface area contributed by atoms with E-state index in [1.165, 1.54) is 12.5 Å². The number of allylic oxidation sites excluding steroid dienone is 1. The number of aliphatic hydroxyl groups is 3. The molecule has 2 fully saturated rings. The van der Waals surface area contributed by atoms with Crippen LogP contribution in [0, 0.1) is 34.5 Å². The number of carbonyl (C=O) groups is 2. The number of rotatable bonds is 4. The van der Waals surface area contributed by atoms with Gasteiger partial charge in [-0.1, -0.05) is 51.1 Å². The number of nitrogens with zero attached hydrogens (tertiary/aromatic N) is 2. The number of imidazole rings is 1. The molecule has 0 amide bonds. The van der Waals surface area contributed by atoms with Crippen LogP contribution in [0.4, 0.5) is 0 Å². The molecule has 0 aliphatic heterocycles. The average Bonchev–Trinajstić information content (AvgIpc) is 3.20. The molecule has 0 radical (unpaired) electrons. The first-order valence-electron chi connectivity index (χ1n) is 13.2. The number of hydrogen-bond donors (Lipinski definition) is 3. The van der Waals surface area contributed by atoms with Crippen LogP contribution in [0.25, 0.3) is 5.69 Å². The largest absolute Gasteiger partial charge is 0.450 e. The summed E-state index contributed by atoms with van der Waals surface area (Å²) >= 11 is 0. The Hall–Kier alpha value is -3.07. The Bertz CT molecular complexity index is 1380. The van der Waals surface area contributed by atoms with Crippen molar-refractivity contribution in [3.8, 4) is 5.69 Å². The molecule has 1 aromatic heterocycles. The molecule has 4 aliphatic carbocycles. The zero-order valence-electron chi connectivity index (χ0n) is 22.0. The van der Waals surface area contributed by atoms with Crippen molar-refractivity contribution in [3.63, 3.8) is 0 Å². The highest BCUT2D eigenvalue weighted by Gasteiger charge is 2.76. The topological polar surface area (TPSA) is 122 Å². The van der Waals surface area contributed by atoms with E-state index in [9.17, 15) is 24.9 Å². The van der Waals surface area contributed by atoms with Gasteiger partial charge in [-0.15, -0.1) is 0 Å². The molecular weight excluding hydrogens is 484 g/mol. The van der Waals surface area contributed by atoms with Gasteiger partial charge in [-0.3, -0.25) is 9.36 Å². The molecule has 8 heteroatoms. The second-order valence-corrected chi connectivity index (χ2v) is 12.1. The van der Waals surface area contributed by atoms with E-state index in [1.54, 1.807) is 23.6 Å². The standard InChI is InChI=1S/C30H34N2O6/c1-16-12-29-17(2)10-21-23(28(21,3)4)20(25(29)35)11-18(14-33)24(34)30(29,37)26(16)38-27(36)22-13-31-15-32(22)19-8-6-5-7-9-19/h5-9,11-13,15,17,20-21,23-24,26,33-34,37H,10,14H2,1-4H3/t17-,20+,21-,23-,24-,26+,29+,30+/m1/s1. The van der Waals surface area contributed by atoms with Crippen molar-refractivity contribution in [2.24, 2.45) is 34.5 Å². The SMILES string of the molecule is CC1=C[C@]23C(=O)[C@@H](C=C(CO)[C@@H](O)[C@]2(O)[C@H]1OC(=O)c1cncn1-c1ccccc1)[C@@H]1[C@@H](C[C@H]3C)C1(C)C. The van der Waals surface area contributed by atoms with Gasteiger partial charge in [0, 0.05) is 11.6 Å². The molecule has 38 heavy (non-hydrogen) atoms. The summed E-state index contributed by atoms with van der Waals surface area (Å²) in [7, 11) is 0. The third-order valence-electron chi connectivity index (χ3n) is 10.0. The minimum Gasteiger partial charge on any atom is -0.450 e. The monoisotopic (exact) mass is 518 g/mol. The van der Waals surface area contributed by atoms with Crippen molar-refractivity contribution >= 4 is 11.8 Å². The molecule has 4 aliphatic rings. The fraction of sp³-hybridized carbons (Fsp3) is 0.500. The first kappa shape index (κ1) is 25.2. The van der Waals surface area contributed by atoms with Gasteiger partial charge in [0.25, 0.3) is 0 Å². The van der Waals surface area contributed by atoms with E-state index in [-0.39, 0.29) is 40.2 Å². The maximum Gasteiger partial charge on any atom is 0.357 e. The average molecular weight is 519 g/mol. The van der Waals surface area contributed by atoms with Crippen LogP contribution in [0.2, 0.25) is 0 Å². The lowest BCUT2D eigenvalue weighted by molar-refractivity contribution is -0.190. The molecular formula is C30H34N2O6. The Balaban J connectivity index is 1.44. The van der Waals surface area contributed by atoms with Crippen LogP contribution in [0.3, 0.4) is 0 Å². The van der Waals surface area contributed by atoms with Gasteiger partial charge < -0.3 is 20.1 Å². The maximum absolute atomic E-state index is 14.4. The molecule has 1 heterocycles. The Morgan fingerprint density at radius 2 is 1.95 bits per heavy atom. The van der Waals surface area contributed by atoms with E-state index in [0.29, 0.717) is 17.7 Å². The first-order valence-corrected chi connectivity index (χ1v) is 13.2. The van der Waals surface area contributed by atoms with Crippen LogP contribution in [-0.4, -0.2) is 61.0 Å². The highest BCUT2D eigenvalue weighted by Crippen LogP contribution is 2.71. The summed E-state index contributed by atoms with van der Waals surface area (Å²) in [6, 6.07) is 9.20. The fourth-order valence-electron chi connectivity index (χ4n) is 8.00. The van der Waals surface area contributed by atoms with Gasteiger partial charge in [-0.2, -0.15) is 0 Å². The number of hydrogen-bond acceptors (Lipinski definition) is 7. The predicted octanol–water partition coefficient (Wildman–Crippen LogP) is 2.87. The number of fused-ring (bicyclic) bond motifs is 3. The Morgan fingerprint density at radius 3 is 2.63 bits per heavy atom. The second kappa shape index (κ2) is 8.21. The van der Waals surface area contributed by atoms with Gasteiger partial charge >= 0.3 is 5.97 Å². The lowest BCUT2D eigenvalue weighted by Gasteiger charge is -2.48. The van der Waals surface area contributed by atoms with E-state index >= 15 is 0 Å². The van der Waals surface area contributed by atoms with Gasteiger partial charge in [0.1, 0.15) is 6.10 Å². The number of benzene rings is 1. The highest BCUT2D eigenvalue weighted by atomic mass is 16.6. The number of ether oxygens (including phenoxy) is 1. The minimum absolute atomic E-state index is 0.0558. The molecule has 8 atom stereocenters. The van der Waals surface area contributed by atoms with Crippen LogP contribution in [0.15, 0.2) is 66.2 Å². The van der Waals surface area contributed by atoms with Gasteiger partial charge in [-0.05, 0) is 59.8 Å². The Labute approximate surface area is 221 Å². The van der Waals surface area contributed by atoms with E-state index in [4.69, 9.17) is 4.74 Å². The lowest BCUT2D eigenvalue weighted by atomic mass is 9.59. The van der Waals surface area contributed by atoms with Crippen molar-refractivity contribution in [2.45, 2.75) is 51.9 Å². The van der Waals surface area contributed by atoms with E-state index in [0.717, 1.165) is 0 Å². The third-order valence-corrected chi connectivity index (χ3v) is 10.0. The molecule has 1 spiro atoms. The van der Waals surface area contributed by atoms with E-state index < -0.39 is 41.7 Å². The highest BCUT2D eigenvalue weighted by molar-refractivity contribution is 5.96. The molecule has 6 rings (SSSR count). The lowest BCUT2D eigenvalue weighted by Crippen LogP contribution is -2.65. The molecule has 0 unspecified atom stereocenters. The molecule has 2 aromatic rings. The number of para-hydroxylation sites is 1. The summed E-state index contributed by atoms with van der Waals surface area (Å²) < 4.78 is 7.57. The zero-order chi connectivity index (χ0) is 27.2. The van der Waals surface area contributed by atoms with E-state index in [2.05, 4.69) is 18.8 Å². The van der Waals surface area contributed by atoms with Crippen molar-refractivity contribution < 1.29 is 29.6 Å². The quantitative estimate of drug-likeness (QED) is 0.420. The van der Waals surface area contributed by atoms with Crippen molar-refractivity contribution in [1.82, 2.24) is 9.55 Å². The van der Waals surface area contributed by atoms with Crippen LogP contribution in [0.5, 0.6) is 0 Å². The number of ketones is 1. The predicted molar refractivity (Wildman–Crippen MR) is 138 cm³/mol. The minimum atomic E-state index is -2.18. The van der Waals surface area contributed by atoms with E-state index in [1.807, 2.05) is 37.3 Å². The zero-order valence-corrected chi connectivity index (χ0v) is 22.0. The number of carbonyl (C=O) groups excluding carboxylic acids is 2. The molecule has 3 N–H and O–H groups in total. The number of aromatic nitrogens is 2. The number of esters is 1. The van der Waals surface area contributed by atoms with Gasteiger partial charge in [0.2, 0.25) is 0 Å². The van der Waals surface area contributed by atoms with Crippen LogP contribution < -0.4 is 0 Å². The Morgan fingerprint density at radius 1 is 1.24 bits per heavy atom. The normalized spacial score (nSPS) is 38.8. The second-order valence-electron chi connectivity index (χ2n) is 12.1. The summed E-state index contributed by atoms with van der Waals surface area (Å²) in [6.45, 7) is 7.43. The fourth-order valence-corrected chi connectivity index (χ4v) is 8.00. The summed E-state index contributed by atoms with van der Waals surface area (Å²) in [4.78, 5) is 32.1. The molecule has 200 valence electrons. The molecule has 8 nitrogen and oxygen atoms in total.